The molecule has 0 saturated carbocycles. The Kier molecular flexibility index (Phi) is 6.32. The summed E-state index contributed by atoms with van der Waals surface area (Å²) in [6.07, 6.45) is 0. The van der Waals surface area contributed by atoms with Gasteiger partial charge in [0.2, 0.25) is 0 Å². The van der Waals surface area contributed by atoms with Gasteiger partial charge in [-0.25, -0.2) is 9.59 Å². The third kappa shape index (κ3) is 4.83. The Bertz CT molecular complexity index is 833. The van der Waals surface area contributed by atoms with E-state index in [0.717, 1.165) is 16.8 Å². The van der Waals surface area contributed by atoms with Crippen molar-refractivity contribution in [2.24, 2.45) is 0 Å². The number of rotatable bonds is 5. The highest BCUT2D eigenvalue weighted by Gasteiger charge is 2.16. The molecule has 2 aromatic carbocycles. The van der Waals surface area contributed by atoms with Crippen LogP contribution in [-0.2, 0) is 9.53 Å². The minimum absolute atomic E-state index is 0.293. The standard InChI is InChI=1S/C19H21N3O4/c1-12-7-6-10-15(13(12)2)21-16-9-5-4-8-14(16)18(24)26-11-17(23)22-19(25)20-3/h4-10,21H,11H2,1-3H3,(H2,20,22,23,25). The molecule has 2 rings (SSSR count). The van der Waals surface area contributed by atoms with Crippen LogP contribution in [0.1, 0.15) is 21.5 Å². The molecule has 0 aromatic heterocycles. The Morgan fingerprint density at radius 1 is 0.962 bits per heavy atom. The van der Waals surface area contributed by atoms with E-state index in [1.807, 2.05) is 37.4 Å². The van der Waals surface area contributed by atoms with Gasteiger partial charge in [-0.2, -0.15) is 0 Å². The lowest BCUT2D eigenvalue weighted by atomic mass is 10.1. The smallest absolute Gasteiger partial charge is 0.340 e. The number of esters is 1. The number of para-hydroxylation sites is 1. The molecule has 0 aliphatic heterocycles. The Balaban J connectivity index is 2.10. The molecular formula is C19H21N3O4. The second-order valence-corrected chi connectivity index (χ2v) is 5.62. The van der Waals surface area contributed by atoms with Crippen molar-refractivity contribution in [1.29, 1.82) is 0 Å². The van der Waals surface area contributed by atoms with Crippen LogP contribution in [0.25, 0.3) is 0 Å². The van der Waals surface area contributed by atoms with E-state index in [2.05, 4.69) is 10.6 Å². The second-order valence-electron chi connectivity index (χ2n) is 5.62. The van der Waals surface area contributed by atoms with Crippen LogP contribution in [-0.4, -0.2) is 31.6 Å². The molecule has 136 valence electrons. The van der Waals surface area contributed by atoms with Crippen LogP contribution in [0, 0.1) is 13.8 Å². The van der Waals surface area contributed by atoms with Crippen molar-refractivity contribution >= 4 is 29.3 Å². The number of carbonyl (C=O) groups excluding carboxylic acids is 3. The summed E-state index contributed by atoms with van der Waals surface area (Å²) in [6.45, 7) is 3.44. The minimum Gasteiger partial charge on any atom is -0.452 e. The summed E-state index contributed by atoms with van der Waals surface area (Å²) in [7, 11) is 1.38. The highest BCUT2D eigenvalue weighted by Crippen LogP contribution is 2.25. The number of aryl methyl sites for hydroxylation is 1. The van der Waals surface area contributed by atoms with Gasteiger partial charge in [0.15, 0.2) is 6.61 Å². The van der Waals surface area contributed by atoms with Gasteiger partial charge in [0.1, 0.15) is 0 Å². The monoisotopic (exact) mass is 355 g/mol. The molecule has 0 saturated heterocycles. The van der Waals surface area contributed by atoms with Gasteiger partial charge >= 0.3 is 12.0 Å². The molecule has 0 aliphatic carbocycles. The fraction of sp³-hybridized carbons (Fsp3) is 0.211. The molecule has 0 unspecified atom stereocenters. The zero-order valence-corrected chi connectivity index (χ0v) is 14.9. The lowest BCUT2D eigenvalue weighted by Gasteiger charge is -2.14. The van der Waals surface area contributed by atoms with Gasteiger partial charge in [-0.05, 0) is 43.2 Å². The molecule has 3 N–H and O–H groups in total. The van der Waals surface area contributed by atoms with E-state index in [0.29, 0.717) is 11.3 Å². The van der Waals surface area contributed by atoms with Gasteiger partial charge in [-0.3, -0.25) is 10.1 Å². The Morgan fingerprint density at radius 3 is 2.38 bits per heavy atom. The number of benzene rings is 2. The number of amides is 3. The molecule has 7 heteroatoms. The van der Waals surface area contributed by atoms with E-state index >= 15 is 0 Å². The number of hydrogen-bond acceptors (Lipinski definition) is 5. The van der Waals surface area contributed by atoms with Crippen molar-refractivity contribution in [2.75, 3.05) is 19.0 Å². The molecular weight excluding hydrogens is 334 g/mol. The zero-order valence-electron chi connectivity index (χ0n) is 14.9. The van der Waals surface area contributed by atoms with Crippen LogP contribution in [0.2, 0.25) is 0 Å². The van der Waals surface area contributed by atoms with Crippen molar-refractivity contribution in [3.63, 3.8) is 0 Å². The second kappa shape index (κ2) is 8.66. The maximum Gasteiger partial charge on any atom is 0.340 e. The first-order valence-corrected chi connectivity index (χ1v) is 8.03. The number of nitrogens with one attached hydrogen (secondary N) is 3. The predicted octanol–water partition coefficient (Wildman–Crippen LogP) is 2.66. The lowest BCUT2D eigenvalue weighted by molar-refractivity contribution is -0.123. The van der Waals surface area contributed by atoms with Gasteiger partial charge in [0, 0.05) is 12.7 Å². The maximum absolute atomic E-state index is 12.3. The molecule has 0 bridgehead atoms. The average molecular weight is 355 g/mol. The Labute approximate surface area is 151 Å². The molecule has 0 radical (unpaired) electrons. The van der Waals surface area contributed by atoms with Crippen molar-refractivity contribution in [2.45, 2.75) is 13.8 Å². The van der Waals surface area contributed by atoms with E-state index in [9.17, 15) is 14.4 Å². The van der Waals surface area contributed by atoms with E-state index in [1.165, 1.54) is 7.05 Å². The molecule has 2 aromatic rings. The fourth-order valence-electron chi connectivity index (χ4n) is 2.24. The Hall–Kier alpha value is -3.35. The summed E-state index contributed by atoms with van der Waals surface area (Å²) >= 11 is 0. The van der Waals surface area contributed by atoms with Crippen LogP contribution >= 0.6 is 0 Å². The van der Waals surface area contributed by atoms with Gasteiger partial charge in [-0.1, -0.05) is 24.3 Å². The van der Waals surface area contributed by atoms with Gasteiger partial charge in [0.05, 0.1) is 11.3 Å². The number of urea groups is 1. The van der Waals surface area contributed by atoms with Crippen LogP contribution < -0.4 is 16.0 Å². The number of hydrogen-bond donors (Lipinski definition) is 3. The summed E-state index contributed by atoms with van der Waals surface area (Å²) < 4.78 is 5.00. The highest BCUT2D eigenvalue weighted by molar-refractivity contribution is 5.99. The summed E-state index contributed by atoms with van der Waals surface area (Å²) in [5.41, 5.74) is 3.93. The number of ether oxygens (including phenoxy) is 1. The summed E-state index contributed by atoms with van der Waals surface area (Å²) in [4.78, 5) is 34.9. The average Bonchev–Trinajstić information content (AvgIpc) is 2.63. The molecule has 0 heterocycles. The van der Waals surface area contributed by atoms with Crippen LogP contribution in [0.5, 0.6) is 0 Å². The maximum atomic E-state index is 12.3. The topological polar surface area (TPSA) is 96.5 Å². The molecule has 0 aliphatic rings. The third-order valence-electron chi connectivity index (χ3n) is 3.84. The van der Waals surface area contributed by atoms with Crippen molar-refractivity contribution in [1.82, 2.24) is 10.6 Å². The third-order valence-corrected chi connectivity index (χ3v) is 3.84. The zero-order chi connectivity index (χ0) is 19.1. The summed E-state index contributed by atoms with van der Waals surface area (Å²) in [5.74, 6) is -1.37. The minimum atomic E-state index is -0.710. The van der Waals surface area contributed by atoms with Crippen LogP contribution in [0.15, 0.2) is 42.5 Å². The molecule has 0 fully saturated rings. The van der Waals surface area contributed by atoms with E-state index in [4.69, 9.17) is 4.74 Å². The molecule has 0 spiro atoms. The molecule has 0 atom stereocenters. The number of imide groups is 1. The highest BCUT2D eigenvalue weighted by atomic mass is 16.5. The van der Waals surface area contributed by atoms with Crippen LogP contribution in [0.4, 0.5) is 16.2 Å². The summed E-state index contributed by atoms with van der Waals surface area (Å²) in [5, 5.41) is 7.49. The van der Waals surface area contributed by atoms with Crippen molar-refractivity contribution < 1.29 is 19.1 Å². The van der Waals surface area contributed by atoms with Crippen molar-refractivity contribution in [3.8, 4) is 0 Å². The predicted molar refractivity (Wildman–Crippen MR) is 98.5 cm³/mol. The SMILES string of the molecule is CNC(=O)NC(=O)COC(=O)c1ccccc1Nc1cccc(C)c1C. The number of anilines is 2. The first-order valence-electron chi connectivity index (χ1n) is 8.03. The molecule has 3 amide bonds. The lowest BCUT2D eigenvalue weighted by Crippen LogP contribution is -2.39. The van der Waals surface area contributed by atoms with Crippen molar-refractivity contribution in [3.05, 3.63) is 59.2 Å². The molecule has 7 nitrogen and oxygen atoms in total. The van der Waals surface area contributed by atoms with Gasteiger partial charge in [0.25, 0.3) is 5.91 Å². The van der Waals surface area contributed by atoms with Crippen LogP contribution in [0.3, 0.4) is 0 Å². The number of carbonyl (C=O) groups is 3. The molecule has 26 heavy (non-hydrogen) atoms. The quantitative estimate of drug-likeness (QED) is 0.717. The van der Waals surface area contributed by atoms with Gasteiger partial charge in [-0.15, -0.1) is 0 Å². The van der Waals surface area contributed by atoms with Gasteiger partial charge < -0.3 is 15.4 Å². The largest absolute Gasteiger partial charge is 0.452 e. The van der Waals surface area contributed by atoms with E-state index in [1.54, 1.807) is 24.3 Å². The summed E-state index contributed by atoms with van der Waals surface area (Å²) in [6, 6.07) is 12.0. The normalized spacial score (nSPS) is 9.96. The first-order chi connectivity index (χ1) is 12.4. The fourth-order valence-corrected chi connectivity index (χ4v) is 2.24. The Morgan fingerprint density at radius 2 is 1.65 bits per heavy atom. The van der Waals surface area contributed by atoms with E-state index in [-0.39, 0.29) is 0 Å². The first kappa shape index (κ1) is 19.0. The van der Waals surface area contributed by atoms with E-state index < -0.39 is 24.5 Å².